The zero-order chi connectivity index (χ0) is 25.7. The Kier molecular flexibility index (Phi) is 5.52. The summed E-state index contributed by atoms with van der Waals surface area (Å²) in [5.74, 6) is 1.65. The third kappa shape index (κ3) is 3.69. The van der Waals surface area contributed by atoms with E-state index in [9.17, 15) is 9.59 Å². The highest BCUT2D eigenvalue weighted by atomic mass is 16.5. The van der Waals surface area contributed by atoms with Crippen molar-refractivity contribution in [3.8, 4) is 5.75 Å². The van der Waals surface area contributed by atoms with Gasteiger partial charge in [-0.05, 0) is 30.7 Å². The smallest absolute Gasteiger partial charge is 0.315 e. The highest BCUT2D eigenvalue weighted by Gasteiger charge is 2.50. The van der Waals surface area contributed by atoms with Crippen molar-refractivity contribution in [1.29, 1.82) is 0 Å². The Labute approximate surface area is 213 Å². The summed E-state index contributed by atoms with van der Waals surface area (Å²) in [6, 6.07) is 7.72. The van der Waals surface area contributed by atoms with Crippen molar-refractivity contribution in [3.05, 3.63) is 64.4 Å². The maximum atomic E-state index is 13.3. The Morgan fingerprint density at radius 3 is 2.86 bits per heavy atom. The van der Waals surface area contributed by atoms with Gasteiger partial charge in [-0.1, -0.05) is 30.2 Å². The van der Waals surface area contributed by atoms with Crippen LogP contribution in [0, 0.1) is 0 Å². The molecule has 4 heterocycles. The number of carbonyl (C=O) groups is 2. The average Bonchev–Trinajstić information content (AvgIpc) is 3.68. The molecule has 0 bridgehead atoms. The van der Waals surface area contributed by atoms with Crippen LogP contribution in [-0.4, -0.2) is 53.8 Å². The topological polar surface area (TPSA) is 135 Å². The standard InChI is InChI=1S/C26H28N6O5/c1-4-27-25-31-30-22(37-25)18-8-6-15-9-20(36-21(15)14(18)2)26(24(34)28-13-29-26)12-32-11-16-5-7-17(35-3)10-19(16)23(32)33/h5-10,14,18,29H,4,11-13H2,1-3H3,(H,27,31)(H,28,34). The molecule has 1 saturated heterocycles. The molecular weight excluding hydrogens is 476 g/mol. The number of amides is 2. The van der Waals surface area contributed by atoms with Crippen molar-refractivity contribution in [3.63, 3.8) is 0 Å². The normalized spacial score (nSPS) is 24.2. The number of nitrogens with one attached hydrogen (secondary N) is 3. The number of aromatic nitrogens is 2. The Morgan fingerprint density at radius 1 is 1.24 bits per heavy atom. The second-order valence-corrected chi connectivity index (χ2v) is 9.53. The molecule has 11 nitrogen and oxygen atoms in total. The lowest BCUT2D eigenvalue weighted by Gasteiger charge is -2.29. The van der Waals surface area contributed by atoms with Gasteiger partial charge in [0.1, 0.15) is 17.3 Å². The molecule has 3 atom stereocenters. The molecule has 37 heavy (non-hydrogen) atoms. The van der Waals surface area contributed by atoms with E-state index in [1.165, 1.54) is 0 Å². The van der Waals surface area contributed by atoms with Crippen LogP contribution in [0.5, 0.6) is 5.75 Å². The van der Waals surface area contributed by atoms with Gasteiger partial charge >= 0.3 is 6.01 Å². The van der Waals surface area contributed by atoms with Gasteiger partial charge in [-0.2, -0.15) is 0 Å². The van der Waals surface area contributed by atoms with E-state index in [2.05, 4.69) is 26.1 Å². The van der Waals surface area contributed by atoms with Crippen LogP contribution in [0.4, 0.5) is 6.01 Å². The number of rotatable bonds is 7. The SMILES string of the molecule is CCNc1nnc(C2C=Cc3cc(C4(CN5Cc6ccc(OC)cc6C5=O)NCNC4=O)oc3C2C)o1. The van der Waals surface area contributed by atoms with Gasteiger partial charge in [0, 0.05) is 30.1 Å². The fourth-order valence-corrected chi connectivity index (χ4v) is 5.33. The predicted octanol–water partition coefficient (Wildman–Crippen LogP) is 2.55. The molecule has 0 spiro atoms. The minimum Gasteiger partial charge on any atom is -0.497 e. The molecule has 11 heteroatoms. The van der Waals surface area contributed by atoms with Crippen LogP contribution in [0.2, 0.25) is 0 Å². The minimum atomic E-state index is -1.22. The molecule has 0 radical (unpaired) electrons. The zero-order valence-corrected chi connectivity index (χ0v) is 20.8. The number of hydrogen-bond acceptors (Lipinski definition) is 9. The molecule has 1 aliphatic carbocycles. The minimum absolute atomic E-state index is 0.102. The number of methoxy groups -OCH3 is 1. The third-order valence-corrected chi connectivity index (χ3v) is 7.35. The average molecular weight is 505 g/mol. The van der Waals surface area contributed by atoms with Crippen molar-refractivity contribution < 1.29 is 23.2 Å². The Balaban J connectivity index is 1.30. The first kappa shape index (κ1) is 23.3. The van der Waals surface area contributed by atoms with E-state index in [1.54, 1.807) is 18.1 Å². The van der Waals surface area contributed by atoms with Crippen LogP contribution in [0.25, 0.3) is 6.08 Å². The third-order valence-electron chi connectivity index (χ3n) is 7.35. The van der Waals surface area contributed by atoms with Crippen molar-refractivity contribution in [1.82, 2.24) is 25.7 Å². The van der Waals surface area contributed by atoms with Crippen molar-refractivity contribution in [2.24, 2.45) is 0 Å². The largest absolute Gasteiger partial charge is 0.497 e. The van der Waals surface area contributed by atoms with Gasteiger partial charge in [0.2, 0.25) is 5.89 Å². The summed E-state index contributed by atoms with van der Waals surface area (Å²) in [6.07, 6.45) is 3.96. The zero-order valence-electron chi connectivity index (χ0n) is 20.8. The number of benzene rings is 1. The first-order chi connectivity index (χ1) is 17.9. The number of furan rings is 1. The molecule has 0 saturated carbocycles. The number of hydrogen-bond donors (Lipinski definition) is 3. The van der Waals surface area contributed by atoms with E-state index < -0.39 is 5.54 Å². The summed E-state index contributed by atoms with van der Waals surface area (Å²) in [5, 5.41) is 17.4. The molecule has 192 valence electrons. The summed E-state index contributed by atoms with van der Waals surface area (Å²) in [5.41, 5.74) is 1.15. The number of carbonyl (C=O) groups excluding carboxylic acids is 2. The van der Waals surface area contributed by atoms with Gasteiger partial charge in [-0.3, -0.25) is 14.9 Å². The van der Waals surface area contributed by atoms with Gasteiger partial charge in [-0.15, -0.1) is 5.10 Å². The summed E-state index contributed by atoms with van der Waals surface area (Å²) in [6.45, 7) is 5.46. The van der Waals surface area contributed by atoms with E-state index >= 15 is 0 Å². The van der Waals surface area contributed by atoms with Crippen LogP contribution in [0.1, 0.15) is 64.6 Å². The lowest BCUT2D eigenvalue weighted by atomic mass is 9.85. The van der Waals surface area contributed by atoms with Crippen LogP contribution < -0.4 is 20.7 Å². The molecule has 6 rings (SSSR count). The van der Waals surface area contributed by atoms with Gasteiger partial charge in [0.25, 0.3) is 11.8 Å². The molecule has 3 unspecified atom stereocenters. The highest BCUT2D eigenvalue weighted by molar-refractivity contribution is 5.99. The second-order valence-electron chi connectivity index (χ2n) is 9.53. The highest BCUT2D eigenvalue weighted by Crippen LogP contribution is 2.43. The quantitative estimate of drug-likeness (QED) is 0.444. The summed E-state index contributed by atoms with van der Waals surface area (Å²) >= 11 is 0. The Morgan fingerprint density at radius 2 is 2.11 bits per heavy atom. The predicted molar refractivity (Wildman–Crippen MR) is 133 cm³/mol. The second kappa shape index (κ2) is 8.77. The van der Waals surface area contributed by atoms with E-state index in [-0.39, 0.29) is 36.9 Å². The molecule has 2 amide bonds. The first-order valence-electron chi connectivity index (χ1n) is 12.3. The molecule has 1 fully saturated rings. The lowest BCUT2D eigenvalue weighted by Crippen LogP contribution is -2.52. The number of anilines is 1. The van der Waals surface area contributed by atoms with Gasteiger partial charge in [-0.25, -0.2) is 0 Å². The molecule has 1 aromatic carbocycles. The van der Waals surface area contributed by atoms with Crippen molar-refractivity contribution in [2.45, 2.75) is 37.8 Å². The van der Waals surface area contributed by atoms with Gasteiger partial charge in [0.05, 0.1) is 26.2 Å². The molecular formula is C26H28N6O5. The van der Waals surface area contributed by atoms with Gasteiger partial charge in [0.15, 0.2) is 5.54 Å². The van der Waals surface area contributed by atoms with Crippen molar-refractivity contribution >= 4 is 23.9 Å². The number of fused-ring (bicyclic) bond motifs is 2. The number of allylic oxidation sites excluding steroid dienone is 1. The number of nitrogens with zero attached hydrogens (tertiary/aromatic N) is 3. The first-order valence-corrected chi connectivity index (χ1v) is 12.3. The van der Waals surface area contributed by atoms with Crippen molar-refractivity contribution in [2.75, 3.05) is 32.2 Å². The Hall–Kier alpha value is -4.12. The molecule has 3 aromatic rings. The monoisotopic (exact) mass is 504 g/mol. The van der Waals surface area contributed by atoms with Crippen LogP contribution in [0.15, 0.2) is 39.2 Å². The molecule has 2 aromatic heterocycles. The van der Waals surface area contributed by atoms with E-state index in [0.29, 0.717) is 42.1 Å². The van der Waals surface area contributed by atoms with E-state index in [1.807, 2.05) is 44.2 Å². The number of ether oxygens (including phenoxy) is 1. The fourth-order valence-electron chi connectivity index (χ4n) is 5.33. The Bertz CT molecular complexity index is 1410. The lowest BCUT2D eigenvalue weighted by molar-refractivity contribution is -0.125. The van der Waals surface area contributed by atoms with E-state index in [4.69, 9.17) is 13.6 Å². The fraction of sp³-hybridized carbons (Fsp3) is 0.385. The molecule has 3 aliphatic rings. The van der Waals surface area contributed by atoms with Crippen LogP contribution in [-0.2, 0) is 16.9 Å². The van der Waals surface area contributed by atoms with Gasteiger partial charge < -0.3 is 29.1 Å². The molecule has 3 N–H and O–H groups in total. The maximum absolute atomic E-state index is 13.3. The van der Waals surface area contributed by atoms with Crippen LogP contribution in [0.3, 0.4) is 0 Å². The molecule has 2 aliphatic heterocycles. The summed E-state index contributed by atoms with van der Waals surface area (Å²) in [4.78, 5) is 28.2. The summed E-state index contributed by atoms with van der Waals surface area (Å²) < 4.78 is 17.5. The van der Waals surface area contributed by atoms with E-state index in [0.717, 1.165) is 16.9 Å². The summed E-state index contributed by atoms with van der Waals surface area (Å²) in [7, 11) is 1.57. The van der Waals surface area contributed by atoms with Crippen LogP contribution >= 0.6 is 0 Å². The maximum Gasteiger partial charge on any atom is 0.315 e.